The highest BCUT2D eigenvalue weighted by Crippen LogP contribution is 2.09. The van der Waals surface area contributed by atoms with Crippen LogP contribution in [-0.2, 0) is 24.5 Å². The molecule has 5 nitrogen and oxygen atoms in total. The zero-order valence-corrected chi connectivity index (χ0v) is 15.4. The number of rotatable bonds is 8. The van der Waals surface area contributed by atoms with Crippen LogP contribution in [0.3, 0.4) is 0 Å². The number of nitrogens with two attached hydrogens (primary N) is 1. The number of benzene rings is 3. The van der Waals surface area contributed by atoms with E-state index < -0.39 is 5.91 Å². The highest BCUT2D eigenvalue weighted by molar-refractivity contribution is 5.97. The summed E-state index contributed by atoms with van der Waals surface area (Å²) in [6, 6.07) is 24.2. The topological polar surface area (TPSA) is 81.4 Å². The molecule has 2 amide bonds. The molecule has 0 aliphatic carbocycles. The first-order valence-electron chi connectivity index (χ1n) is 8.99. The Hall–Kier alpha value is -3.44. The second-order valence-corrected chi connectivity index (χ2v) is 6.42. The fourth-order valence-corrected chi connectivity index (χ4v) is 2.68. The Balaban J connectivity index is 1.46. The lowest BCUT2D eigenvalue weighted by molar-refractivity contribution is 0.0948. The van der Waals surface area contributed by atoms with Gasteiger partial charge in [0.25, 0.3) is 5.91 Å². The van der Waals surface area contributed by atoms with Gasteiger partial charge in [0.1, 0.15) is 0 Å². The summed E-state index contributed by atoms with van der Waals surface area (Å²) in [6.45, 7) is 1.53. The van der Waals surface area contributed by atoms with Crippen LogP contribution in [0.15, 0.2) is 78.9 Å². The number of amides is 2. The van der Waals surface area contributed by atoms with Gasteiger partial charge in [0.15, 0.2) is 0 Å². The predicted molar refractivity (Wildman–Crippen MR) is 108 cm³/mol. The molecule has 3 N–H and O–H groups in total. The van der Waals surface area contributed by atoms with Crippen molar-refractivity contribution in [1.82, 2.24) is 5.32 Å². The molecule has 0 heterocycles. The van der Waals surface area contributed by atoms with E-state index in [1.807, 2.05) is 54.6 Å². The first kappa shape index (κ1) is 19.3. The van der Waals surface area contributed by atoms with Crippen molar-refractivity contribution in [3.63, 3.8) is 0 Å². The van der Waals surface area contributed by atoms with Gasteiger partial charge in [-0.2, -0.15) is 0 Å². The van der Waals surface area contributed by atoms with E-state index in [9.17, 15) is 9.59 Å². The Bertz CT molecular complexity index is 920. The Kier molecular flexibility index (Phi) is 6.54. The Labute approximate surface area is 164 Å². The number of primary amides is 1. The van der Waals surface area contributed by atoms with Gasteiger partial charge in [0.2, 0.25) is 5.91 Å². The number of carbonyl (C=O) groups is 2. The van der Waals surface area contributed by atoms with Crippen LogP contribution in [-0.4, -0.2) is 11.8 Å². The zero-order chi connectivity index (χ0) is 19.8. The average Bonchev–Trinajstić information content (AvgIpc) is 2.74. The lowest BCUT2D eigenvalue weighted by Crippen LogP contribution is -2.23. The molecule has 0 radical (unpaired) electrons. The van der Waals surface area contributed by atoms with Gasteiger partial charge in [-0.1, -0.05) is 54.6 Å². The van der Waals surface area contributed by atoms with E-state index in [4.69, 9.17) is 10.5 Å². The van der Waals surface area contributed by atoms with Crippen molar-refractivity contribution in [2.24, 2.45) is 5.73 Å². The fraction of sp³-hybridized carbons (Fsp3) is 0.130. The summed E-state index contributed by atoms with van der Waals surface area (Å²) in [5, 5.41) is 2.86. The summed E-state index contributed by atoms with van der Waals surface area (Å²) in [6.07, 6.45) is 0. The van der Waals surface area contributed by atoms with Crippen molar-refractivity contribution in [3.05, 3.63) is 107 Å². The molecular formula is C23H22N2O3. The van der Waals surface area contributed by atoms with Gasteiger partial charge < -0.3 is 15.8 Å². The van der Waals surface area contributed by atoms with Crippen molar-refractivity contribution < 1.29 is 14.3 Å². The second-order valence-electron chi connectivity index (χ2n) is 6.42. The number of carbonyl (C=O) groups excluding carboxylic acids is 2. The molecule has 0 aliphatic rings. The van der Waals surface area contributed by atoms with E-state index in [1.165, 1.54) is 0 Å². The van der Waals surface area contributed by atoms with Crippen LogP contribution < -0.4 is 11.1 Å². The van der Waals surface area contributed by atoms with Gasteiger partial charge in [-0.25, -0.2) is 0 Å². The maximum absolute atomic E-state index is 12.2. The minimum Gasteiger partial charge on any atom is -0.372 e. The smallest absolute Gasteiger partial charge is 0.251 e. The molecule has 0 aromatic heterocycles. The minimum absolute atomic E-state index is 0.203. The maximum Gasteiger partial charge on any atom is 0.251 e. The molecule has 3 aromatic rings. The van der Waals surface area contributed by atoms with Crippen LogP contribution in [0.5, 0.6) is 0 Å². The molecule has 0 aliphatic heterocycles. The number of ether oxygens (including phenoxy) is 1. The predicted octanol–water partition coefficient (Wildman–Crippen LogP) is 3.43. The number of nitrogens with one attached hydrogen (secondary N) is 1. The second kappa shape index (κ2) is 9.48. The molecule has 0 spiro atoms. The molecule has 28 heavy (non-hydrogen) atoms. The molecule has 0 bridgehead atoms. The number of hydrogen-bond donors (Lipinski definition) is 2. The molecule has 0 fully saturated rings. The van der Waals surface area contributed by atoms with Crippen molar-refractivity contribution in [3.8, 4) is 0 Å². The van der Waals surface area contributed by atoms with E-state index in [1.54, 1.807) is 24.3 Å². The summed E-state index contributed by atoms with van der Waals surface area (Å²) in [4.78, 5) is 23.3. The van der Waals surface area contributed by atoms with E-state index >= 15 is 0 Å². The number of hydrogen-bond acceptors (Lipinski definition) is 3. The van der Waals surface area contributed by atoms with Crippen LogP contribution >= 0.6 is 0 Å². The van der Waals surface area contributed by atoms with Gasteiger partial charge in [-0.15, -0.1) is 0 Å². The Morgan fingerprint density at radius 2 is 1.25 bits per heavy atom. The Morgan fingerprint density at radius 3 is 1.86 bits per heavy atom. The molecular weight excluding hydrogens is 352 g/mol. The summed E-state index contributed by atoms with van der Waals surface area (Å²) in [7, 11) is 0. The van der Waals surface area contributed by atoms with Crippen LogP contribution in [0, 0.1) is 0 Å². The summed E-state index contributed by atoms with van der Waals surface area (Å²) >= 11 is 0. The molecule has 0 saturated heterocycles. The standard InChI is InChI=1S/C23H22N2O3/c24-22(26)20-10-12-21(13-11-20)23(27)25-14-17-6-8-19(9-7-17)16-28-15-18-4-2-1-3-5-18/h1-13H,14-16H2,(H2,24,26)(H,25,27). The van der Waals surface area contributed by atoms with Gasteiger partial charge in [-0.3, -0.25) is 9.59 Å². The third kappa shape index (κ3) is 5.53. The third-order valence-electron chi connectivity index (χ3n) is 4.29. The highest BCUT2D eigenvalue weighted by Gasteiger charge is 2.07. The molecule has 3 aromatic carbocycles. The van der Waals surface area contributed by atoms with E-state index in [2.05, 4.69) is 5.32 Å². The van der Waals surface area contributed by atoms with Crippen LogP contribution in [0.2, 0.25) is 0 Å². The van der Waals surface area contributed by atoms with E-state index in [0.29, 0.717) is 30.9 Å². The van der Waals surface area contributed by atoms with E-state index in [0.717, 1.165) is 16.7 Å². The van der Waals surface area contributed by atoms with Crippen molar-refractivity contribution in [1.29, 1.82) is 0 Å². The van der Waals surface area contributed by atoms with Crippen LogP contribution in [0.25, 0.3) is 0 Å². The van der Waals surface area contributed by atoms with Crippen molar-refractivity contribution in [2.45, 2.75) is 19.8 Å². The van der Waals surface area contributed by atoms with Gasteiger partial charge >= 0.3 is 0 Å². The molecule has 5 heteroatoms. The lowest BCUT2D eigenvalue weighted by Gasteiger charge is -2.08. The zero-order valence-electron chi connectivity index (χ0n) is 15.4. The Morgan fingerprint density at radius 1 is 0.714 bits per heavy atom. The molecule has 0 atom stereocenters. The quantitative estimate of drug-likeness (QED) is 0.634. The third-order valence-corrected chi connectivity index (χ3v) is 4.29. The normalized spacial score (nSPS) is 10.4. The summed E-state index contributed by atoms with van der Waals surface area (Å²) < 4.78 is 5.73. The average molecular weight is 374 g/mol. The van der Waals surface area contributed by atoms with Gasteiger partial charge in [-0.05, 0) is 41.0 Å². The van der Waals surface area contributed by atoms with Crippen molar-refractivity contribution in [2.75, 3.05) is 0 Å². The van der Waals surface area contributed by atoms with E-state index in [-0.39, 0.29) is 5.91 Å². The molecule has 0 unspecified atom stereocenters. The van der Waals surface area contributed by atoms with Crippen LogP contribution in [0.1, 0.15) is 37.4 Å². The first-order chi connectivity index (χ1) is 13.6. The van der Waals surface area contributed by atoms with Gasteiger partial charge in [0, 0.05) is 17.7 Å². The minimum atomic E-state index is -0.514. The van der Waals surface area contributed by atoms with Crippen LogP contribution in [0.4, 0.5) is 0 Å². The molecule has 3 rings (SSSR count). The molecule has 0 saturated carbocycles. The highest BCUT2D eigenvalue weighted by atomic mass is 16.5. The monoisotopic (exact) mass is 374 g/mol. The summed E-state index contributed by atoms with van der Waals surface area (Å²) in [5.41, 5.74) is 9.27. The first-order valence-corrected chi connectivity index (χ1v) is 8.99. The fourth-order valence-electron chi connectivity index (χ4n) is 2.68. The molecule has 142 valence electrons. The summed E-state index contributed by atoms with van der Waals surface area (Å²) in [5.74, 6) is -0.717. The SMILES string of the molecule is NC(=O)c1ccc(C(=O)NCc2ccc(COCc3ccccc3)cc2)cc1. The largest absolute Gasteiger partial charge is 0.372 e. The lowest BCUT2D eigenvalue weighted by atomic mass is 10.1. The van der Waals surface area contributed by atoms with Crippen molar-refractivity contribution >= 4 is 11.8 Å². The maximum atomic E-state index is 12.2. The van der Waals surface area contributed by atoms with Gasteiger partial charge in [0.05, 0.1) is 13.2 Å².